The molecular formula is C23H25NO4. The van der Waals surface area contributed by atoms with E-state index in [2.05, 4.69) is 0 Å². The molecule has 0 amide bonds. The van der Waals surface area contributed by atoms with Crippen molar-refractivity contribution in [3.8, 4) is 5.75 Å². The van der Waals surface area contributed by atoms with E-state index in [4.69, 9.17) is 9.47 Å². The van der Waals surface area contributed by atoms with E-state index in [1.807, 2.05) is 51.1 Å². The monoisotopic (exact) mass is 379 g/mol. The number of hydrogen-bond acceptors (Lipinski definition) is 4. The largest absolute Gasteiger partial charge is 0.491 e. The van der Waals surface area contributed by atoms with Crippen LogP contribution in [-0.4, -0.2) is 23.2 Å². The van der Waals surface area contributed by atoms with Gasteiger partial charge in [-0.2, -0.15) is 0 Å². The summed E-state index contributed by atoms with van der Waals surface area (Å²) in [6, 6.07) is 14.6. The molecule has 0 bridgehead atoms. The molecule has 28 heavy (non-hydrogen) atoms. The van der Waals surface area contributed by atoms with Crippen LogP contribution >= 0.6 is 0 Å². The number of carbonyl (C=O) groups excluding carboxylic acids is 1. The Bertz CT molecular complexity index is 1020. The maximum absolute atomic E-state index is 12.8. The van der Waals surface area contributed by atoms with E-state index >= 15 is 0 Å². The van der Waals surface area contributed by atoms with Gasteiger partial charge in [0.15, 0.2) is 0 Å². The number of fused-ring (bicyclic) bond motifs is 1. The lowest BCUT2D eigenvalue weighted by atomic mass is 10.1. The van der Waals surface area contributed by atoms with Gasteiger partial charge in [0.25, 0.3) is 5.56 Å². The molecule has 0 saturated heterocycles. The highest BCUT2D eigenvalue weighted by Crippen LogP contribution is 2.19. The highest BCUT2D eigenvalue weighted by molar-refractivity contribution is 5.89. The fourth-order valence-electron chi connectivity index (χ4n) is 2.96. The third-order valence-electron chi connectivity index (χ3n) is 4.30. The summed E-state index contributed by atoms with van der Waals surface area (Å²) in [5.41, 5.74) is 1.40. The average molecular weight is 379 g/mol. The summed E-state index contributed by atoms with van der Waals surface area (Å²) in [5.74, 6) is 0.431. The summed E-state index contributed by atoms with van der Waals surface area (Å²) in [4.78, 5) is 24.7. The summed E-state index contributed by atoms with van der Waals surface area (Å²) >= 11 is 0. The molecule has 0 unspecified atom stereocenters. The van der Waals surface area contributed by atoms with Gasteiger partial charge in [0.2, 0.25) is 0 Å². The van der Waals surface area contributed by atoms with Crippen LogP contribution in [0.3, 0.4) is 0 Å². The van der Waals surface area contributed by atoms with Crippen molar-refractivity contribution in [3.05, 3.63) is 76.2 Å². The molecule has 0 N–H and O–H groups in total. The minimum atomic E-state index is -0.323. The predicted octanol–water partition coefficient (Wildman–Crippen LogP) is 4.40. The van der Waals surface area contributed by atoms with E-state index in [0.717, 1.165) is 23.1 Å². The molecule has 0 atom stereocenters. The van der Waals surface area contributed by atoms with Gasteiger partial charge in [-0.3, -0.25) is 4.79 Å². The molecule has 0 fully saturated rings. The molecule has 146 valence electrons. The maximum Gasteiger partial charge on any atom is 0.338 e. The number of rotatable bonds is 7. The van der Waals surface area contributed by atoms with Crippen LogP contribution in [0.2, 0.25) is 0 Å². The fourth-order valence-corrected chi connectivity index (χ4v) is 2.96. The maximum atomic E-state index is 12.8. The number of hydrogen-bond donors (Lipinski definition) is 0. The third-order valence-corrected chi connectivity index (χ3v) is 4.30. The van der Waals surface area contributed by atoms with Gasteiger partial charge in [-0.1, -0.05) is 19.1 Å². The number of benzene rings is 2. The second kappa shape index (κ2) is 8.74. The molecule has 0 aliphatic heterocycles. The van der Waals surface area contributed by atoms with Gasteiger partial charge in [0.05, 0.1) is 24.8 Å². The van der Waals surface area contributed by atoms with Gasteiger partial charge in [0, 0.05) is 11.6 Å². The Balaban J connectivity index is 1.79. The highest BCUT2D eigenvalue weighted by atomic mass is 16.5. The molecule has 0 aliphatic rings. The predicted molar refractivity (Wildman–Crippen MR) is 110 cm³/mol. The summed E-state index contributed by atoms with van der Waals surface area (Å²) in [6.07, 6.45) is 2.66. The summed E-state index contributed by atoms with van der Waals surface area (Å²) in [7, 11) is 0. The minimum Gasteiger partial charge on any atom is -0.491 e. The second-order valence-electron chi connectivity index (χ2n) is 7.00. The standard InChI is InChI=1S/C23H25NO4/c1-4-13-27-23(26)18-7-5-17(6-8-18)15-24-12-11-19-14-20(28-16(2)3)9-10-21(19)22(24)25/h5-12,14,16H,4,13,15H2,1-3H3. The summed E-state index contributed by atoms with van der Waals surface area (Å²) in [5, 5.41) is 1.51. The van der Waals surface area contributed by atoms with Crippen LogP contribution in [-0.2, 0) is 11.3 Å². The van der Waals surface area contributed by atoms with Gasteiger partial charge in [-0.05, 0) is 67.6 Å². The van der Waals surface area contributed by atoms with E-state index in [1.54, 1.807) is 29.0 Å². The van der Waals surface area contributed by atoms with Crippen molar-refractivity contribution >= 4 is 16.7 Å². The molecule has 0 radical (unpaired) electrons. The van der Waals surface area contributed by atoms with Crippen LogP contribution in [0.4, 0.5) is 0 Å². The number of carbonyl (C=O) groups is 1. The number of pyridine rings is 1. The van der Waals surface area contributed by atoms with E-state index in [9.17, 15) is 9.59 Å². The molecule has 2 aromatic carbocycles. The molecule has 0 saturated carbocycles. The highest BCUT2D eigenvalue weighted by Gasteiger charge is 2.08. The van der Waals surface area contributed by atoms with Crippen LogP contribution < -0.4 is 10.3 Å². The Hall–Kier alpha value is -3.08. The quantitative estimate of drug-likeness (QED) is 0.571. The molecule has 3 aromatic rings. The molecular weight excluding hydrogens is 354 g/mol. The van der Waals surface area contributed by atoms with Crippen molar-refractivity contribution < 1.29 is 14.3 Å². The van der Waals surface area contributed by atoms with Crippen molar-refractivity contribution in [1.29, 1.82) is 0 Å². The molecule has 3 rings (SSSR count). The molecule has 0 spiro atoms. The van der Waals surface area contributed by atoms with Crippen LogP contribution in [0.1, 0.15) is 43.1 Å². The Morgan fingerprint density at radius 1 is 1.07 bits per heavy atom. The zero-order valence-corrected chi connectivity index (χ0v) is 16.5. The zero-order chi connectivity index (χ0) is 20.1. The molecule has 1 aromatic heterocycles. The lowest BCUT2D eigenvalue weighted by Gasteiger charge is -2.12. The summed E-state index contributed by atoms with van der Waals surface area (Å²) < 4.78 is 12.5. The van der Waals surface area contributed by atoms with Gasteiger partial charge in [-0.15, -0.1) is 0 Å². The Kier molecular flexibility index (Phi) is 6.14. The fraction of sp³-hybridized carbons (Fsp3) is 0.304. The first kappa shape index (κ1) is 19.7. The first-order chi connectivity index (χ1) is 13.5. The Morgan fingerprint density at radius 2 is 1.82 bits per heavy atom. The Labute approximate surface area is 164 Å². The molecule has 0 aliphatic carbocycles. The van der Waals surface area contributed by atoms with E-state index < -0.39 is 0 Å². The van der Waals surface area contributed by atoms with Gasteiger partial charge < -0.3 is 14.0 Å². The third kappa shape index (κ3) is 4.60. The number of nitrogens with zero attached hydrogens (tertiary/aromatic N) is 1. The smallest absolute Gasteiger partial charge is 0.338 e. The van der Waals surface area contributed by atoms with E-state index in [0.29, 0.717) is 24.1 Å². The van der Waals surface area contributed by atoms with Crippen molar-refractivity contribution in [2.24, 2.45) is 0 Å². The van der Waals surface area contributed by atoms with Gasteiger partial charge in [-0.25, -0.2) is 4.79 Å². The van der Waals surface area contributed by atoms with E-state index in [-0.39, 0.29) is 17.6 Å². The van der Waals surface area contributed by atoms with Crippen molar-refractivity contribution in [2.45, 2.75) is 39.8 Å². The Morgan fingerprint density at radius 3 is 2.50 bits per heavy atom. The van der Waals surface area contributed by atoms with Crippen molar-refractivity contribution in [3.63, 3.8) is 0 Å². The zero-order valence-electron chi connectivity index (χ0n) is 16.5. The average Bonchev–Trinajstić information content (AvgIpc) is 2.68. The van der Waals surface area contributed by atoms with Crippen LogP contribution in [0.15, 0.2) is 59.5 Å². The van der Waals surface area contributed by atoms with Crippen molar-refractivity contribution in [2.75, 3.05) is 6.61 Å². The minimum absolute atomic E-state index is 0.0555. The van der Waals surface area contributed by atoms with Crippen LogP contribution in [0.5, 0.6) is 5.75 Å². The first-order valence-electron chi connectivity index (χ1n) is 9.54. The van der Waals surface area contributed by atoms with Gasteiger partial charge >= 0.3 is 5.97 Å². The number of aromatic nitrogens is 1. The lowest BCUT2D eigenvalue weighted by Crippen LogP contribution is -2.20. The number of ether oxygens (including phenoxy) is 2. The van der Waals surface area contributed by atoms with Crippen molar-refractivity contribution in [1.82, 2.24) is 4.57 Å². The number of esters is 1. The molecule has 1 heterocycles. The first-order valence-corrected chi connectivity index (χ1v) is 9.54. The van der Waals surface area contributed by atoms with Crippen LogP contribution in [0.25, 0.3) is 10.8 Å². The topological polar surface area (TPSA) is 57.5 Å². The molecule has 5 nitrogen and oxygen atoms in total. The molecule has 5 heteroatoms. The van der Waals surface area contributed by atoms with E-state index in [1.165, 1.54) is 0 Å². The van der Waals surface area contributed by atoms with Gasteiger partial charge in [0.1, 0.15) is 5.75 Å². The normalized spacial score (nSPS) is 11.0. The second-order valence-corrected chi connectivity index (χ2v) is 7.00. The lowest BCUT2D eigenvalue weighted by molar-refractivity contribution is 0.0505. The van der Waals surface area contributed by atoms with Crippen LogP contribution in [0, 0.1) is 0 Å². The summed E-state index contributed by atoms with van der Waals surface area (Å²) in [6.45, 7) is 6.74. The SMILES string of the molecule is CCCOC(=O)c1ccc(Cn2ccc3cc(OC(C)C)ccc3c2=O)cc1.